The number of carboxylic acids is 1. The number of anilines is 1. The molecule has 0 radical (unpaired) electrons. The Morgan fingerprint density at radius 2 is 2.24 bits per heavy atom. The van der Waals surface area contributed by atoms with Crippen molar-refractivity contribution in [1.82, 2.24) is 35.4 Å². The molecule has 15 nitrogen and oxygen atoms in total. The maximum absolute atomic E-state index is 13.4. The number of aliphatic carboxylic acids is 1. The number of oxime groups is 1. The second kappa shape index (κ2) is 13.3. The quantitative estimate of drug-likeness (QED) is 0.0716. The number of hydrogen-bond acceptors (Lipinski definition) is 13. The van der Waals surface area contributed by atoms with Crippen molar-refractivity contribution in [3.05, 3.63) is 47.2 Å². The lowest BCUT2D eigenvalue weighted by molar-refractivity contribution is -0.150. The number of nitrogens with one attached hydrogen (secondary N) is 2. The zero-order valence-corrected chi connectivity index (χ0v) is 24.4. The fraction of sp³-hybridized carbons (Fsp3) is 0.375. The number of β-lactam (4-membered cyclic amide) rings is 1. The molecular weight excluding hydrogens is 607 g/mol. The van der Waals surface area contributed by atoms with Crippen LogP contribution in [-0.4, -0.2) is 94.1 Å². The average molecular weight is 632 g/mol. The van der Waals surface area contributed by atoms with Gasteiger partial charge in [0, 0.05) is 16.9 Å². The van der Waals surface area contributed by atoms with Gasteiger partial charge in [-0.1, -0.05) is 29.1 Å². The van der Waals surface area contributed by atoms with E-state index < -0.39 is 29.2 Å². The number of nitrogens with zero attached hydrogens (tertiary/aromatic N) is 7. The third-order valence-corrected chi connectivity index (χ3v) is 9.50. The minimum Gasteiger partial charge on any atom is -0.477 e. The molecule has 1 fully saturated rings. The minimum atomic E-state index is -1.24. The zero-order valence-electron chi connectivity index (χ0n) is 21.9. The van der Waals surface area contributed by atoms with Crippen LogP contribution < -0.4 is 10.6 Å². The lowest BCUT2D eigenvalue weighted by atomic mass is 10.0. The number of hydrogen-bond donors (Lipinski definition) is 3. The number of carbonyl (C=O) groups excluding carboxylic acids is 3. The van der Waals surface area contributed by atoms with Crippen LogP contribution in [0.2, 0.25) is 0 Å². The van der Waals surface area contributed by atoms with Gasteiger partial charge >= 0.3 is 5.97 Å². The molecule has 42 heavy (non-hydrogen) atoms. The predicted molar refractivity (Wildman–Crippen MR) is 155 cm³/mol. The van der Waals surface area contributed by atoms with Gasteiger partial charge in [-0.05, 0) is 41.3 Å². The molecule has 2 aromatic heterocycles. The summed E-state index contributed by atoms with van der Waals surface area (Å²) in [5.41, 5.74) is 0.411. The predicted octanol–water partition coefficient (Wildman–Crippen LogP) is 1.24. The summed E-state index contributed by atoms with van der Waals surface area (Å²) in [5, 5.41) is 32.3. The molecule has 220 valence electrons. The molecule has 0 saturated carbocycles. The number of thiazole rings is 1. The monoisotopic (exact) mass is 631 g/mol. The molecule has 0 aromatic carbocycles. The van der Waals surface area contributed by atoms with Crippen LogP contribution in [0.25, 0.3) is 0 Å². The first-order chi connectivity index (χ1) is 20.4. The van der Waals surface area contributed by atoms with Crippen molar-refractivity contribution in [3.63, 3.8) is 0 Å². The van der Waals surface area contributed by atoms with Crippen LogP contribution in [0.3, 0.4) is 0 Å². The van der Waals surface area contributed by atoms with Crippen molar-refractivity contribution in [2.24, 2.45) is 5.16 Å². The second-order valence-corrected chi connectivity index (χ2v) is 12.0. The van der Waals surface area contributed by atoms with E-state index in [2.05, 4.69) is 42.9 Å². The summed E-state index contributed by atoms with van der Waals surface area (Å²) >= 11 is 3.69. The number of carbonyl (C=O) groups is 4. The van der Waals surface area contributed by atoms with Crippen molar-refractivity contribution in [1.29, 1.82) is 0 Å². The number of tetrazole rings is 1. The summed E-state index contributed by atoms with van der Waals surface area (Å²) < 4.78 is 1.53. The number of rotatable bonds is 13. The molecule has 2 unspecified atom stereocenters. The van der Waals surface area contributed by atoms with Gasteiger partial charge in [0.2, 0.25) is 11.6 Å². The van der Waals surface area contributed by atoms with Crippen molar-refractivity contribution in [3.8, 4) is 0 Å². The third-order valence-electron chi connectivity index (χ3n) is 6.35. The average Bonchev–Trinajstić information content (AvgIpc) is 3.64. The maximum atomic E-state index is 13.4. The Bertz CT molecular complexity index is 1490. The van der Waals surface area contributed by atoms with Crippen LogP contribution in [-0.2, 0) is 30.6 Å². The molecular formula is C24H25N9O6S3. The molecule has 1 saturated heterocycles. The van der Waals surface area contributed by atoms with Crippen molar-refractivity contribution in [2.45, 2.75) is 48.5 Å². The van der Waals surface area contributed by atoms with Gasteiger partial charge in [-0.15, -0.1) is 34.8 Å². The largest absolute Gasteiger partial charge is 0.477 e. The van der Waals surface area contributed by atoms with E-state index in [-0.39, 0.29) is 34.1 Å². The lowest BCUT2D eigenvalue weighted by Gasteiger charge is -2.49. The molecule has 3 atom stereocenters. The van der Waals surface area contributed by atoms with Crippen LogP contribution in [0.1, 0.15) is 25.0 Å². The SMILES string of the molecule is C=CCn1nnnc1SCC1=C(C(=O)O)N2C(=O)C(NC(=O)C(=NOC3C=CCCC3)c3csc(NC=O)n3)[C@@H]2SC1. The molecule has 4 heterocycles. The van der Waals surface area contributed by atoms with Gasteiger partial charge in [0.15, 0.2) is 10.8 Å². The summed E-state index contributed by atoms with van der Waals surface area (Å²) in [6.07, 6.45) is 8.21. The first-order valence-corrected chi connectivity index (χ1v) is 15.6. The van der Waals surface area contributed by atoms with Gasteiger partial charge in [0.1, 0.15) is 28.9 Å². The fourth-order valence-corrected chi connectivity index (χ4v) is 7.41. The van der Waals surface area contributed by atoms with Gasteiger partial charge in [0.25, 0.3) is 11.8 Å². The van der Waals surface area contributed by atoms with E-state index in [1.807, 2.05) is 12.2 Å². The highest BCUT2D eigenvalue weighted by Crippen LogP contribution is 2.41. The van der Waals surface area contributed by atoms with E-state index in [0.717, 1.165) is 30.6 Å². The molecule has 3 N–H and O–H groups in total. The van der Waals surface area contributed by atoms with Gasteiger partial charge in [-0.2, -0.15) is 0 Å². The summed E-state index contributed by atoms with van der Waals surface area (Å²) in [7, 11) is 0. The summed E-state index contributed by atoms with van der Waals surface area (Å²) in [6, 6.07) is -0.989. The van der Waals surface area contributed by atoms with Crippen LogP contribution >= 0.6 is 34.9 Å². The van der Waals surface area contributed by atoms with E-state index in [9.17, 15) is 24.3 Å². The number of thioether (sulfide) groups is 2. The minimum absolute atomic E-state index is 0.116. The summed E-state index contributed by atoms with van der Waals surface area (Å²) in [6.45, 7) is 4.06. The number of carboxylic acid groups (broad SMARTS) is 1. The van der Waals surface area contributed by atoms with E-state index in [1.165, 1.54) is 38.5 Å². The van der Waals surface area contributed by atoms with Crippen LogP contribution in [0.4, 0.5) is 5.13 Å². The van der Waals surface area contributed by atoms with Gasteiger partial charge < -0.3 is 20.6 Å². The first kappa shape index (κ1) is 29.5. The molecule has 2 aromatic rings. The lowest BCUT2D eigenvalue weighted by Crippen LogP contribution is -2.71. The Morgan fingerprint density at radius 1 is 1.38 bits per heavy atom. The van der Waals surface area contributed by atoms with Gasteiger partial charge in [0.05, 0.1) is 6.54 Å². The molecule has 0 spiro atoms. The smallest absolute Gasteiger partial charge is 0.352 e. The zero-order chi connectivity index (χ0) is 29.6. The first-order valence-electron chi connectivity index (χ1n) is 12.7. The Balaban J connectivity index is 1.31. The maximum Gasteiger partial charge on any atom is 0.352 e. The molecule has 3 aliphatic rings. The topological polar surface area (TPSA) is 194 Å². The Morgan fingerprint density at radius 3 is 2.98 bits per heavy atom. The summed E-state index contributed by atoms with van der Waals surface area (Å²) in [4.78, 5) is 60.7. The molecule has 2 aliphatic heterocycles. The highest BCUT2D eigenvalue weighted by Gasteiger charge is 2.54. The fourth-order valence-electron chi connectivity index (χ4n) is 4.39. The Hall–Kier alpha value is -4.03. The standard InChI is InChI=1S/C24H25N9O6S3/c1-2-8-32-24(28-30-31-32)42-10-13-9-40-21-17(20(36)33(21)18(13)22(37)38)27-19(35)16(15-11-41-23(26-15)25-12-34)29-39-14-6-4-3-5-7-14/h2,4,6,11-12,14,17,21H,1,3,5,7-10H2,(H,27,35)(H,37,38)(H,25,26,34)/t14?,17?,21-/m0/s1. The van der Waals surface area contributed by atoms with E-state index in [0.29, 0.717) is 29.4 Å². The summed E-state index contributed by atoms with van der Waals surface area (Å²) in [5.74, 6) is -1.94. The van der Waals surface area contributed by atoms with Crippen LogP contribution in [0.5, 0.6) is 0 Å². The molecule has 5 rings (SSSR count). The van der Waals surface area contributed by atoms with Crippen LogP contribution in [0.15, 0.2) is 51.8 Å². The number of fused-ring (bicyclic) bond motifs is 1. The second-order valence-electron chi connectivity index (χ2n) is 9.08. The van der Waals surface area contributed by atoms with E-state index in [4.69, 9.17) is 4.84 Å². The van der Waals surface area contributed by atoms with E-state index in [1.54, 1.807) is 6.08 Å². The highest BCUT2D eigenvalue weighted by atomic mass is 32.2. The van der Waals surface area contributed by atoms with Gasteiger partial charge in [-0.3, -0.25) is 19.3 Å². The molecule has 1 aliphatic carbocycles. The molecule has 3 amide bonds. The van der Waals surface area contributed by atoms with Crippen molar-refractivity contribution < 1.29 is 29.1 Å². The number of allylic oxidation sites excluding steroid dienone is 2. The van der Waals surface area contributed by atoms with Gasteiger partial charge in [-0.25, -0.2) is 14.5 Å². The van der Waals surface area contributed by atoms with E-state index >= 15 is 0 Å². The van der Waals surface area contributed by atoms with Crippen LogP contribution in [0, 0.1) is 0 Å². The molecule has 0 bridgehead atoms. The molecule has 18 heteroatoms. The number of amides is 3. The number of aromatic nitrogens is 5. The normalized spacial score (nSPS) is 21.8. The third kappa shape index (κ3) is 6.24. The Labute approximate surface area is 251 Å². The Kier molecular flexibility index (Phi) is 9.33. The highest BCUT2D eigenvalue weighted by molar-refractivity contribution is 8.01. The van der Waals surface area contributed by atoms with Crippen molar-refractivity contribution >= 4 is 69.9 Å². The van der Waals surface area contributed by atoms with Crippen molar-refractivity contribution in [2.75, 3.05) is 16.8 Å².